The molecule has 1 N–H and O–H groups in total. The van der Waals surface area contributed by atoms with Crippen molar-refractivity contribution < 1.29 is 28.2 Å². The lowest BCUT2D eigenvalue weighted by Crippen LogP contribution is -2.41. The molecule has 0 bridgehead atoms. The molecular formula is C25H29FN2O5. The second kappa shape index (κ2) is 11.4. The van der Waals surface area contributed by atoms with E-state index in [4.69, 9.17) is 14.2 Å². The van der Waals surface area contributed by atoms with Crippen LogP contribution >= 0.6 is 0 Å². The molecule has 1 aliphatic heterocycles. The van der Waals surface area contributed by atoms with Crippen LogP contribution in [-0.2, 0) is 4.79 Å². The van der Waals surface area contributed by atoms with Crippen molar-refractivity contribution in [2.24, 2.45) is 5.92 Å². The maximum atomic E-state index is 13.9. The molecule has 2 aromatic carbocycles. The van der Waals surface area contributed by atoms with Gasteiger partial charge in [0, 0.05) is 25.7 Å². The molecule has 2 aromatic rings. The van der Waals surface area contributed by atoms with Crippen molar-refractivity contribution in [3.63, 3.8) is 0 Å². The lowest BCUT2D eigenvalue weighted by Gasteiger charge is -2.32. The van der Waals surface area contributed by atoms with Gasteiger partial charge in [-0.1, -0.05) is 12.1 Å². The summed E-state index contributed by atoms with van der Waals surface area (Å²) in [6.07, 6.45) is 4.63. The van der Waals surface area contributed by atoms with E-state index >= 15 is 0 Å². The number of amides is 2. The van der Waals surface area contributed by atoms with Gasteiger partial charge in [-0.3, -0.25) is 9.59 Å². The van der Waals surface area contributed by atoms with Gasteiger partial charge in [0.25, 0.3) is 5.91 Å². The minimum absolute atomic E-state index is 0.0983. The predicted molar refractivity (Wildman–Crippen MR) is 123 cm³/mol. The summed E-state index contributed by atoms with van der Waals surface area (Å²) in [6.45, 7) is 1.59. The number of hydrogen-bond acceptors (Lipinski definition) is 5. The quantitative estimate of drug-likeness (QED) is 0.615. The number of methoxy groups -OCH3 is 3. The Morgan fingerprint density at radius 2 is 1.70 bits per heavy atom. The van der Waals surface area contributed by atoms with E-state index in [9.17, 15) is 14.0 Å². The molecule has 0 aliphatic carbocycles. The average Bonchev–Trinajstić information content (AvgIpc) is 2.85. The lowest BCUT2D eigenvalue weighted by atomic mass is 9.96. The van der Waals surface area contributed by atoms with E-state index in [1.165, 1.54) is 39.5 Å². The lowest BCUT2D eigenvalue weighted by molar-refractivity contribution is -0.116. The second-order valence-corrected chi connectivity index (χ2v) is 7.75. The summed E-state index contributed by atoms with van der Waals surface area (Å²) in [7, 11) is 4.60. The molecule has 1 heterocycles. The fourth-order valence-corrected chi connectivity index (χ4v) is 3.82. The molecule has 176 valence electrons. The molecule has 2 amide bonds. The van der Waals surface area contributed by atoms with Gasteiger partial charge < -0.3 is 24.4 Å². The number of halogens is 1. The molecule has 1 fully saturated rings. The van der Waals surface area contributed by atoms with Crippen LogP contribution in [0.5, 0.6) is 17.2 Å². The Morgan fingerprint density at radius 1 is 1.06 bits per heavy atom. The van der Waals surface area contributed by atoms with Crippen LogP contribution in [-0.4, -0.2) is 57.7 Å². The summed E-state index contributed by atoms with van der Waals surface area (Å²) in [5.41, 5.74) is 0.834. The van der Waals surface area contributed by atoms with E-state index in [-0.39, 0.29) is 23.3 Å². The van der Waals surface area contributed by atoms with Crippen LogP contribution in [0, 0.1) is 11.7 Å². The van der Waals surface area contributed by atoms with Crippen molar-refractivity contribution in [2.45, 2.75) is 12.8 Å². The first-order chi connectivity index (χ1) is 16.0. The Hall–Kier alpha value is -3.55. The first kappa shape index (κ1) is 24.1. The molecule has 1 saturated heterocycles. The SMILES string of the molecule is COc1cc(/C=C/C(=O)NCC2CCN(C(=O)c3ccccc3F)CC2)cc(OC)c1OC. The third-order valence-electron chi connectivity index (χ3n) is 5.69. The Kier molecular flexibility index (Phi) is 8.29. The summed E-state index contributed by atoms with van der Waals surface area (Å²) in [5, 5.41) is 2.91. The highest BCUT2D eigenvalue weighted by atomic mass is 19.1. The molecule has 0 aromatic heterocycles. The molecule has 33 heavy (non-hydrogen) atoms. The molecule has 7 nitrogen and oxygen atoms in total. The van der Waals surface area contributed by atoms with E-state index in [0.29, 0.717) is 36.9 Å². The Labute approximate surface area is 193 Å². The number of benzene rings is 2. The van der Waals surface area contributed by atoms with Gasteiger partial charge in [0.2, 0.25) is 11.7 Å². The summed E-state index contributed by atoms with van der Waals surface area (Å²) in [5.74, 6) is 0.755. The van der Waals surface area contributed by atoms with Crippen LogP contribution in [0.25, 0.3) is 6.08 Å². The minimum atomic E-state index is -0.504. The van der Waals surface area contributed by atoms with Crippen molar-refractivity contribution in [2.75, 3.05) is 41.0 Å². The van der Waals surface area contributed by atoms with Gasteiger partial charge in [-0.25, -0.2) is 4.39 Å². The number of hydrogen-bond donors (Lipinski definition) is 1. The van der Waals surface area contributed by atoms with Crippen molar-refractivity contribution >= 4 is 17.9 Å². The van der Waals surface area contributed by atoms with Gasteiger partial charge in [-0.05, 0) is 54.7 Å². The zero-order chi connectivity index (χ0) is 23.8. The Balaban J connectivity index is 1.50. The normalized spacial score (nSPS) is 14.2. The maximum Gasteiger partial charge on any atom is 0.256 e. The molecule has 0 atom stereocenters. The minimum Gasteiger partial charge on any atom is -0.493 e. The fourth-order valence-electron chi connectivity index (χ4n) is 3.82. The van der Waals surface area contributed by atoms with Crippen molar-refractivity contribution in [3.05, 3.63) is 59.4 Å². The van der Waals surface area contributed by atoms with E-state index in [1.54, 1.807) is 35.2 Å². The van der Waals surface area contributed by atoms with Gasteiger partial charge in [0.15, 0.2) is 11.5 Å². The third kappa shape index (κ3) is 6.03. The zero-order valence-electron chi connectivity index (χ0n) is 19.1. The molecular weight excluding hydrogens is 427 g/mol. The number of nitrogens with zero attached hydrogens (tertiary/aromatic N) is 1. The zero-order valence-corrected chi connectivity index (χ0v) is 19.1. The van der Waals surface area contributed by atoms with E-state index in [1.807, 2.05) is 0 Å². The highest BCUT2D eigenvalue weighted by molar-refractivity contribution is 5.94. The molecule has 0 saturated carbocycles. The largest absolute Gasteiger partial charge is 0.493 e. The highest BCUT2D eigenvalue weighted by Crippen LogP contribution is 2.38. The molecule has 1 aliphatic rings. The number of carbonyl (C=O) groups excluding carboxylic acids is 2. The van der Waals surface area contributed by atoms with Crippen LogP contribution in [0.15, 0.2) is 42.5 Å². The smallest absolute Gasteiger partial charge is 0.256 e. The van der Waals surface area contributed by atoms with Gasteiger partial charge >= 0.3 is 0 Å². The van der Waals surface area contributed by atoms with Crippen LogP contribution in [0.2, 0.25) is 0 Å². The summed E-state index contributed by atoms with van der Waals surface area (Å²) < 4.78 is 29.8. The average molecular weight is 457 g/mol. The predicted octanol–water partition coefficient (Wildman–Crippen LogP) is 3.53. The highest BCUT2D eigenvalue weighted by Gasteiger charge is 2.25. The van der Waals surface area contributed by atoms with Gasteiger partial charge in [0.1, 0.15) is 5.82 Å². The monoisotopic (exact) mass is 456 g/mol. The van der Waals surface area contributed by atoms with E-state index in [0.717, 1.165) is 18.4 Å². The van der Waals surface area contributed by atoms with E-state index in [2.05, 4.69) is 5.32 Å². The van der Waals surface area contributed by atoms with Crippen molar-refractivity contribution in [1.29, 1.82) is 0 Å². The topological polar surface area (TPSA) is 77.1 Å². The standard InChI is InChI=1S/C25H29FN2O5/c1-31-21-14-18(15-22(32-2)24(21)33-3)8-9-23(29)27-16-17-10-12-28(13-11-17)25(30)19-6-4-5-7-20(19)26/h4-9,14-15,17H,10-13,16H2,1-3H3,(H,27,29)/b9-8+. The first-order valence-electron chi connectivity index (χ1n) is 10.8. The molecule has 0 radical (unpaired) electrons. The molecule has 8 heteroatoms. The first-order valence-corrected chi connectivity index (χ1v) is 10.8. The van der Waals surface area contributed by atoms with Gasteiger partial charge in [-0.2, -0.15) is 0 Å². The Bertz CT molecular complexity index is 991. The van der Waals surface area contributed by atoms with Gasteiger partial charge in [-0.15, -0.1) is 0 Å². The van der Waals surface area contributed by atoms with E-state index < -0.39 is 5.82 Å². The van der Waals surface area contributed by atoms with Crippen molar-refractivity contribution in [1.82, 2.24) is 10.2 Å². The number of nitrogens with one attached hydrogen (secondary N) is 1. The summed E-state index contributed by atoms with van der Waals surface area (Å²) in [6, 6.07) is 9.54. The number of rotatable bonds is 8. The fraction of sp³-hybridized carbons (Fsp3) is 0.360. The van der Waals surface area contributed by atoms with Crippen LogP contribution in [0.3, 0.4) is 0 Å². The third-order valence-corrected chi connectivity index (χ3v) is 5.69. The summed E-state index contributed by atoms with van der Waals surface area (Å²) in [4.78, 5) is 26.5. The number of piperidine rings is 1. The molecule has 0 unspecified atom stereocenters. The Morgan fingerprint density at radius 3 is 2.27 bits per heavy atom. The number of ether oxygens (including phenoxy) is 3. The molecule has 0 spiro atoms. The second-order valence-electron chi connectivity index (χ2n) is 7.75. The van der Waals surface area contributed by atoms with Crippen molar-refractivity contribution in [3.8, 4) is 17.2 Å². The van der Waals surface area contributed by atoms with Crippen LogP contribution in [0.4, 0.5) is 4.39 Å². The van der Waals surface area contributed by atoms with Gasteiger partial charge in [0.05, 0.1) is 26.9 Å². The number of likely N-dealkylation sites (tertiary alicyclic amines) is 1. The summed E-state index contributed by atoms with van der Waals surface area (Å²) >= 11 is 0. The maximum absolute atomic E-state index is 13.9. The molecule has 3 rings (SSSR count). The van der Waals surface area contributed by atoms with Crippen LogP contribution in [0.1, 0.15) is 28.8 Å². The number of carbonyl (C=O) groups is 2. The van der Waals surface area contributed by atoms with Crippen LogP contribution < -0.4 is 19.5 Å².